The lowest BCUT2D eigenvalue weighted by atomic mass is 9.95. The van der Waals surface area contributed by atoms with Crippen molar-refractivity contribution < 1.29 is 14.4 Å². The maximum absolute atomic E-state index is 12.9. The fourth-order valence-electron chi connectivity index (χ4n) is 7.27. The van der Waals surface area contributed by atoms with Crippen LogP contribution in [0.3, 0.4) is 0 Å². The zero-order valence-corrected chi connectivity index (χ0v) is 34.8. The van der Waals surface area contributed by atoms with Crippen LogP contribution < -0.4 is 16.0 Å². The van der Waals surface area contributed by atoms with Crippen LogP contribution in [0.2, 0.25) is 0 Å². The quantitative estimate of drug-likeness (QED) is 0.0922. The van der Waals surface area contributed by atoms with Crippen LogP contribution in [-0.4, -0.2) is 68.0 Å². The number of benzene rings is 2. The van der Waals surface area contributed by atoms with Gasteiger partial charge in [0, 0.05) is 113 Å². The van der Waals surface area contributed by atoms with Gasteiger partial charge < -0.3 is 16.0 Å². The fraction of sp³-hybridized carbons (Fsp3) is 0.0408. The van der Waals surface area contributed by atoms with Crippen molar-refractivity contribution in [2.75, 3.05) is 16.0 Å². The maximum atomic E-state index is 12.9. The predicted molar refractivity (Wildman–Crippen MR) is 248 cm³/mol. The van der Waals surface area contributed by atoms with Gasteiger partial charge in [0.25, 0.3) is 17.7 Å². The molecule has 8 heterocycles. The molecule has 0 atom stereocenters. The summed E-state index contributed by atoms with van der Waals surface area (Å²) in [6.07, 6.45) is 20.2. The molecule has 0 unspecified atom stereocenters. The van der Waals surface area contributed by atoms with Gasteiger partial charge in [0.1, 0.15) is 0 Å². The number of nitrogens with one attached hydrogen (secondary N) is 5. The number of rotatable bonds is 9. The summed E-state index contributed by atoms with van der Waals surface area (Å²) in [7, 11) is 0. The zero-order chi connectivity index (χ0) is 44.7. The first-order chi connectivity index (χ1) is 31.8. The van der Waals surface area contributed by atoms with Crippen LogP contribution in [0.5, 0.6) is 0 Å². The fourth-order valence-corrected chi connectivity index (χ4v) is 7.27. The van der Waals surface area contributed by atoms with Crippen LogP contribution in [0.4, 0.5) is 17.1 Å². The Morgan fingerprint density at radius 2 is 0.923 bits per heavy atom. The van der Waals surface area contributed by atoms with Gasteiger partial charge in [-0.15, -0.1) is 0 Å². The van der Waals surface area contributed by atoms with Gasteiger partial charge in [-0.05, 0) is 103 Å². The van der Waals surface area contributed by atoms with Gasteiger partial charge in [-0.3, -0.25) is 54.5 Å². The van der Waals surface area contributed by atoms with Crippen molar-refractivity contribution in [3.8, 4) is 33.4 Å². The molecular weight excluding hydrogens is 819 g/mol. The normalized spacial score (nSPS) is 10.8. The summed E-state index contributed by atoms with van der Waals surface area (Å²) < 4.78 is 0. The van der Waals surface area contributed by atoms with Crippen LogP contribution in [0.1, 0.15) is 42.5 Å². The van der Waals surface area contributed by atoms with E-state index in [4.69, 9.17) is 0 Å². The second kappa shape index (κ2) is 18.3. The molecule has 0 spiro atoms. The topological polar surface area (TPSA) is 222 Å². The lowest BCUT2D eigenvalue weighted by Crippen LogP contribution is -2.14. The summed E-state index contributed by atoms with van der Waals surface area (Å²) in [6.45, 7) is 3.93. The molecule has 0 saturated carbocycles. The number of H-pyrrole nitrogens is 2. The molecule has 0 bridgehead atoms. The van der Waals surface area contributed by atoms with Gasteiger partial charge in [0.15, 0.2) is 11.4 Å². The molecule has 0 aliphatic heterocycles. The molecule has 3 amide bonds. The molecule has 65 heavy (non-hydrogen) atoms. The highest BCUT2D eigenvalue weighted by Gasteiger charge is 2.19. The number of aromatic nitrogens is 10. The molecule has 5 N–H and O–H groups in total. The minimum absolute atomic E-state index is 0.268. The molecule has 0 aliphatic carbocycles. The van der Waals surface area contributed by atoms with Crippen LogP contribution in [-0.2, 0) is 0 Å². The zero-order valence-electron chi connectivity index (χ0n) is 34.8. The SMILES string of the molecule is Cc1c(-c2cccnc2)cncc1-c1ccc2[nH]nc(C(=O)Nc3ccncc3)c2c1.Cc1c(C(=O)Nc2cccnc2)cncc1-c1ccc2[nH]nc(C(=O)Nc3ccncc3)c2c1. The molecule has 10 rings (SSSR count). The summed E-state index contributed by atoms with van der Waals surface area (Å²) in [5.74, 6) is -0.899. The Balaban J connectivity index is 0.000000165. The van der Waals surface area contributed by atoms with E-state index in [1.54, 1.807) is 86.0 Å². The number of amides is 3. The van der Waals surface area contributed by atoms with Gasteiger partial charge in [0.2, 0.25) is 0 Å². The van der Waals surface area contributed by atoms with Crippen LogP contribution in [0.15, 0.2) is 159 Å². The summed E-state index contributed by atoms with van der Waals surface area (Å²) >= 11 is 0. The highest BCUT2D eigenvalue weighted by molar-refractivity contribution is 6.13. The number of carbonyl (C=O) groups is 3. The lowest BCUT2D eigenvalue weighted by Gasteiger charge is -2.11. The highest BCUT2D eigenvalue weighted by atomic mass is 16.2. The molecule has 0 saturated heterocycles. The number of pyridine rings is 6. The molecule has 2 aromatic carbocycles. The highest BCUT2D eigenvalue weighted by Crippen LogP contribution is 2.33. The van der Waals surface area contributed by atoms with E-state index in [0.29, 0.717) is 33.7 Å². The number of hydrogen-bond acceptors (Lipinski definition) is 11. The Morgan fingerprint density at radius 3 is 1.45 bits per heavy atom. The number of anilines is 3. The molecule has 316 valence electrons. The van der Waals surface area contributed by atoms with E-state index in [0.717, 1.165) is 60.9 Å². The van der Waals surface area contributed by atoms with Crippen molar-refractivity contribution in [2.24, 2.45) is 0 Å². The molecule has 0 fully saturated rings. The third kappa shape index (κ3) is 8.89. The van der Waals surface area contributed by atoms with Crippen LogP contribution in [0, 0.1) is 13.8 Å². The smallest absolute Gasteiger partial charge is 0.276 e. The van der Waals surface area contributed by atoms with Crippen LogP contribution >= 0.6 is 0 Å². The first kappa shape index (κ1) is 41.1. The van der Waals surface area contributed by atoms with Gasteiger partial charge in [-0.25, -0.2) is 0 Å². The minimum atomic E-state index is -0.339. The molecule has 10 aromatic rings. The molecule has 8 aromatic heterocycles. The number of carbonyl (C=O) groups excluding carboxylic acids is 3. The number of aromatic amines is 2. The van der Waals surface area contributed by atoms with Gasteiger partial charge >= 0.3 is 0 Å². The first-order valence-electron chi connectivity index (χ1n) is 20.2. The van der Waals surface area contributed by atoms with E-state index < -0.39 is 0 Å². The number of fused-ring (bicyclic) bond motifs is 2. The third-order valence-corrected chi connectivity index (χ3v) is 10.6. The van der Waals surface area contributed by atoms with Gasteiger partial charge in [-0.2, -0.15) is 10.2 Å². The van der Waals surface area contributed by atoms with Gasteiger partial charge in [-0.1, -0.05) is 18.2 Å². The van der Waals surface area contributed by atoms with Crippen LogP contribution in [0.25, 0.3) is 55.2 Å². The maximum Gasteiger partial charge on any atom is 0.276 e. The number of nitrogens with zero attached hydrogens (tertiary/aromatic N) is 8. The Labute approximate surface area is 370 Å². The van der Waals surface area contributed by atoms with E-state index in [1.165, 1.54) is 6.20 Å². The van der Waals surface area contributed by atoms with Crippen molar-refractivity contribution in [1.82, 2.24) is 50.3 Å². The predicted octanol–water partition coefficient (Wildman–Crippen LogP) is 8.87. The molecule has 0 radical (unpaired) electrons. The number of hydrogen-bond donors (Lipinski definition) is 5. The van der Waals surface area contributed by atoms with E-state index in [1.807, 2.05) is 74.0 Å². The van der Waals surface area contributed by atoms with E-state index in [9.17, 15) is 14.4 Å². The van der Waals surface area contributed by atoms with E-state index in [-0.39, 0.29) is 23.4 Å². The Hall–Kier alpha value is -9.31. The second-order valence-corrected chi connectivity index (χ2v) is 14.7. The first-order valence-corrected chi connectivity index (χ1v) is 20.2. The minimum Gasteiger partial charge on any atom is -0.321 e. The standard InChI is InChI=1S/C25H19N7O2.C24H18N6O/c1-15-20(13-28-14-21(15)24(33)30-18-3-2-8-27-12-18)16-4-5-22-19(11-16)23(32-31-22)25(34)29-17-6-9-26-10-7-17;1-15-20(13-27-14-21(15)17-3-2-8-26-12-17)16-4-5-22-19(11-16)23(30-29-22)24(31)28-18-6-9-25-10-7-18/h2-14H,1H3,(H,30,33)(H,31,32)(H,26,29,34);2-14H,1H3,(H,29,30)(H,25,28,31). The average molecular weight is 856 g/mol. The van der Waals surface area contributed by atoms with Crippen molar-refractivity contribution in [2.45, 2.75) is 13.8 Å². The van der Waals surface area contributed by atoms with E-state index in [2.05, 4.69) is 73.2 Å². The molecule has 16 heteroatoms. The van der Waals surface area contributed by atoms with Crippen molar-refractivity contribution in [3.05, 3.63) is 187 Å². The Kier molecular flexibility index (Phi) is 11.6. The monoisotopic (exact) mass is 855 g/mol. The molecular formula is C49H37N13O3. The molecule has 16 nitrogen and oxygen atoms in total. The summed E-state index contributed by atoms with van der Waals surface area (Å²) in [6, 6.07) is 25.8. The third-order valence-electron chi connectivity index (χ3n) is 10.6. The van der Waals surface area contributed by atoms with Crippen molar-refractivity contribution in [3.63, 3.8) is 0 Å². The second-order valence-electron chi connectivity index (χ2n) is 14.7. The van der Waals surface area contributed by atoms with E-state index >= 15 is 0 Å². The van der Waals surface area contributed by atoms with Gasteiger partial charge in [0.05, 0.1) is 28.5 Å². The largest absolute Gasteiger partial charge is 0.321 e. The summed E-state index contributed by atoms with van der Waals surface area (Å²) in [4.78, 5) is 63.4. The average Bonchev–Trinajstić information content (AvgIpc) is 3.98. The summed E-state index contributed by atoms with van der Waals surface area (Å²) in [5.41, 5.74) is 11.9. The Morgan fingerprint density at radius 1 is 0.431 bits per heavy atom. The Bertz CT molecular complexity index is 3320. The van der Waals surface area contributed by atoms with Crippen molar-refractivity contribution >= 4 is 56.6 Å². The van der Waals surface area contributed by atoms with Crippen molar-refractivity contribution in [1.29, 1.82) is 0 Å². The molecule has 0 aliphatic rings. The lowest BCUT2D eigenvalue weighted by molar-refractivity contribution is 0.101. The summed E-state index contributed by atoms with van der Waals surface area (Å²) in [5, 5.41) is 24.2.